The summed E-state index contributed by atoms with van der Waals surface area (Å²) in [6, 6.07) is 0. The van der Waals surface area contributed by atoms with Crippen LogP contribution < -0.4 is 5.73 Å². The van der Waals surface area contributed by atoms with Crippen LogP contribution in [0.3, 0.4) is 0 Å². The molecule has 0 atom stereocenters. The molecule has 0 saturated heterocycles. The van der Waals surface area contributed by atoms with Crippen LogP contribution in [0.15, 0.2) is 0 Å². The summed E-state index contributed by atoms with van der Waals surface area (Å²) in [5, 5.41) is 0. The van der Waals surface area contributed by atoms with Crippen molar-refractivity contribution in [2.45, 2.75) is 36.9 Å². The lowest BCUT2D eigenvalue weighted by atomic mass is 9.72. The maximum Gasteiger partial charge on any atom is 0.390 e. The molecule has 0 spiro atoms. The summed E-state index contributed by atoms with van der Waals surface area (Å²) in [6.07, 6.45) is -7.50. The zero-order valence-electron chi connectivity index (χ0n) is 6.09. The molecule has 2 N–H and O–H groups in total. The molecule has 0 aromatic rings. The van der Waals surface area contributed by atoms with Gasteiger partial charge in [0.15, 0.2) is 0 Å². The van der Waals surface area contributed by atoms with Crippen LogP contribution in [0.2, 0.25) is 0 Å². The lowest BCUT2D eigenvalue weighted by Crippen LogP contribution is -2.59. The highest BCUT2D eigenvalue weighted by molar-refractivity contribution is 5.04. The van der Waals surface area contributed by atoms with Gasteiger partial charge in [0.05, 0.1) is 6.42 Å². The maximum atomic E-state index is 12.2. The molecule has 0 heterocycles. The van der Waals surface area contributed by atoms with E-state index in [0.717, 1.165) is 0 Å². The summed E-state index contributed by atoms with van der Waals surface area (Å²) in [5.74, 6) is -3.00. The molecule has 1 rings (SSSR count). The summed E-state index contributed by atoms with van der Waals surface area (Å²) in [4.78, 5) is 0. The maximum absolute atomic E-state index is 12.2. The molecule has 0 unspecified atom stereocenters. The number of halogens is 5. The summed E-state index contributed by atoms with van der Waals surface area (Å²) in [6.45, 7) is 0. The topological polar surface area (TPSA) is 26.0 Å². The van der Waals surface area contributed by atoms with Gasteiger partial charge in [-0.15, -0.1) is 0 Å². The van der Waals surface area contributed by atoms with E-state index < -0.39 is 36.9 Å². The first-order chi connectivity index (χ1) is 5.12. The molecule has 0 bridgehead atoms. The minimum atomic E-state index is -4.45. The minimum absolute atomic E-state index is 0.862. The third kappa shape index (κ3) is 2.30. The van der Waals surface area contributed by atoms with E-state index in [1.807, 2.05) is 0 Å². The van der Waals surface area contributed by atoms with Crippen molar-refractivity contribution in [1.82, 2.24) is 0 Å². The average Bonchev–Trinajstić information content (AvgIpc) is 1.48. The lowest BCUT2D eigenvalue weighted by molar-refractivity contribution is -0.191. The fraction of sp³-hybridized carbons (Fsp3) is 1.00. The van der Waals surface area contributed by atoms with Crippen LogP contribution in [-0.4, -0.2) is 17.6 Å². The standard InChI is InChI=1S/C6H8F5N/c7-5(8)1-4(12,2-5)3-6(9,10)11/h1-3,12H2. The second-order valence-corrected chi connectivity index (χ2v) is 3.36. The molecule has 12 heavy (non-hydrogen) atoms. The summed E-state index contributed by atoms with van der Waals surface area (Å²) in [7, 11) is 0. The van der Waals surface area contributed by atoms with Crippen LogP contribution in [0, 0.1) is 0 Å². The molecule has 72 valence electrons. The summed E-state index contributed by atoms with van der Waals surface area (Å²) in [5.41, 5.74) is 3.33. The van der Waals surface area contributed by atoms with E-state index in [0.29, 0.717) is 0 Å². The van der Waals surface area contributed by atoms with E-state index in [9.17, 15) is 22.0 Å². The van der Waals surface area contributed by atoms with Crippen molar-refractivity contribution in [3.63, 3.8) is 0 Å². The van der Waals surface area contributed by atoms with Crippen LogP contribution in [0.5, 0.6) is 0 Å². The second-order valence-electron chi connectivity index (χ2n) is 3.36. The SMILES string of the molecule is NC1(CC(F)(F)F)CC(F)(F)C1. The zero-order chi connectivity index (χ0) is 9.62. The number of alkyl halides is 5. The van der Waals surface area contributed by atoms with Crippen LogP contribution in [0.4, 0.5) is 22.0 Å². The summed E-state index contributed by atoms with van der Waals surface area (Å²) >= 11 is 0. The highest BCUT2D eigenvalue weighted by Gasteiger charge is 2.57. The van der Waals surface area contributed by atoms with Gasteiger partial charge in [-0.3, -0.25) is 0 Å². The largest absolute Gasteiger partial charge is 0.390 e. The zero-order valence-corrected chi connectivity index (χ0v) is 6.09. The lowest BCUT2D eigenvalue weighted by Gasteiger charge is -2.44. The van der Waals surface area contributed by atoms with Crippen LogP contribution in [0.1, 0.15) is 19.3 Å². The number of hydrogen-bond acceptors (Lipinski definition) is 1. The van der Waals surface area contributed by atoms with E-state index >= 15 is 0 Å². The Hall–Kier alpha value is -0.390. The van der Waals surface area contributed by atoms with Gasteiger partial charge in [-0.2, -0.15) is 13.2 Å². The van der Waals surface area contributed by atoms with Crippen molar-refractivity contribution in [1.29, 1.82) is 0 Å². The van der Waals surface area contributed by atoms with Crippen molar-refractivity contribution in [2.24, 2.45) is 5.73 Å². The Morgan fingerprint density at radius 1 is 1.17 bits per heavy atom. The van der Waals surface area contributed by atoms with Crippen molar-refractivity contribution in [3.05, 3.63) is 0 Å². The molecular formula is C6H8F5N. The molecule has 1 saturated carbocycles. The van der Waals surface area contributed by atoms with Gasteiger partial charge >= 0.3 is 6.18 Å². The molecule has 0 aromatic heterocycles. The Morgan fingerprint density at radius 3 is 1.83 bits per heavy atom. The number of hydrogen-bond donors (Lipinski definition) is 1. The molecule has 0 aliphatic heterocycles. The first-order valence-electron chi connectivity index (χ1n) is 3.35. The highest BCUT2D eigenvalue weighted by Crippen LogP contribution is 2.48. The molecular weight excluding hydrogens is 181 g/mol. The van der Waals surface area contributed by atoms with Gasteiger partial charge in [-0.25, -0.2) is 8.78 Å². The second kappa shape index (κ2) is 2.31. The summed E-state index contributed by atoms with van der Waals surface area (Å²) < 4.78 is 59.4. The van der Waals surface area contributed by atoms with E-state index in [2.05, 4.69) is 0 Å². The monoisotopic (exact) mass is 189 g/mol. The molecule has 1 aliphatic rings. The average molecular weight is 189 g/mol. The number of rotatable bonds is 1. The normalized spacial score (nSPS) is 26.5. The Kier molecular flexibility index (Phi) is 1.86. The fourth-order valence-electron chi connectivity index (χ4n) is 1.50. The van der Waals surface area contributed by atoms with Gasteiger partial charge in [0.25, 0.3) is 5.92 Å². The predicted molar refractivity (Wildman–Crippen MR) is 31.8 cm³/mol. The van der Waals surface area contributed by atoms with Gasteiger partial charge in [0.1, 0.15) is 0 Å². The Balaban J connectivity index is 2.46. The first kappa shape index (κ1) is 9.70. The van der Waals surface area contributed by atoms with Crippen molar-refractivity contribution in [2.75, 3.05) is 0 Å². The predicted octanol–water partition coefficient (Wildman–Crippen LogP) is 2.07. The minimum Gasteiger partial charge on any atom is -0.324 e. The van der Waals surface area contributed by atoms with E-state index in [1.54, 1.807) is 0 Å². The van der Waals surface area contributed by atoms with Crippen LogP contribution in [-0.2, 0) is 0 Å². The third-order valence-corrected chi connectivity index (χ3v) is 1.77. The van der Waals surface area contributed by atoms with Gasteiger partial charge < -0.3 is 5.73 Å². The molecule has 0 aromatic carbocycles. The molecule has 1 nitrogen and oxygen atoms in total. The first-order valence-corrected chi connectivity index (χ1v) is 3.35. The van der Waals surface area contributed by atoms with Crippen LogP contribution in [0.25, 0.3) is 0 Å². The van der Waals surface area contributed by atoms with E-state index in [-0.39, 0.29) is 0 Å². The number of nitrogens with two attached hydrogens (primary N) is 1. The highest BCUT2D eigenvalue weighted by atomic mass is 19.4. The van der Waals surface area contributed by atoms with Gasteiger partial charge in [0.2, 0.25) is 0 Å². The quantitative estimate of drug-likeness (QED) is 0.628. The van der Waals surface area contributed by atoms with E-state index in [1.165, 1.54) is 0 Å². The smallest absolute Gasteiger partial charge is 0.324 e. The Bertz CT molecular complexity index is 177. The van der Waals surface area contributed by atoms with Crippen molar-refractivity contribution >= 4 is 0 Å². The molecule has 0 amide bonds. The molecule has 0 radical (unpaired) electrons. The van der Waals surface area contributed by atoms with Crippen molar-refractivity contribution in [3.8, 4) is 0 Å². The van der Waals surface area contributed by atoms with Gasteiger partial charge in [-0.1, -0.05) is 0 Å². The third-order valence-electron chi connectivity index (χ3n) is 1.77. The Morgan fingerprint density at radius 2 is 1.58 bits per heavy atom. The van der Waals surface area contributed by atoms with E-state index in [4.69, 9.17) is 5.73 Å². The molecule has 1 aliphatic carbocycles. The van der Waals surface area contributed by atoms with Crippen LogP contribution >= 0.6 is 0 Å². The Labute approximate surface area is 65.7 Å². The van der Waals surface area contributed by atoms with Crippen molar-refractivity contribution < 1.29 is 22.0 Å². The molecule has 1 fully saturated rings. The van der Waals surface area contributed by atoms with Gasteiger partial charge in [-0.05, 0) is 0 Å². The molecule has 6 heteroatoms. The van der Waals surface area contributed by atoms with Gasteiger partial charge in [0, 0.05) is 18.4 Å². The fourth-order valence-corrected chi connectivity index (χ4v) is 1.50.